The topological polar surface area (TPSA) is 41.5 Å². The molecule has 0 heterocycles. The number of nitrogens with one attached hydrogen (secondary N) is 1. The summed E-state index contributed by atoms with van der Waals surface area (Å²) in [6.45, 7) is 2.05. The van der Waals surface area contributed by atoms with E-state index in [4.69, 9.17) is 4.74 Å². The molecule has 0 saturated carbocycles. The minimum absolute atomic E-state index is 0.308. The van der Waals surface area contributed by atoms with Crippen molar-refractivity contribution in [1.82, 2.24) is 0 Å². The van der Waals surface area contributed by atoms with Crippen LogP contribution in [-0.2, 0) is 6.42 Å². The first-order valence-corrected chi connectivity index (χ1v) is 7.40. The molecule has 0 fully saturated rings. The highest BCUT2D eigenvalue weighted by Gasteiger charge is 2.20. The highest BCUT2D eigenvalue weighted by molar-refractivity contribution is 5.53. The van der Waals surface area contributed by atoms with Gasteiger partial charge in [0.2, 0.25) is 0 Å². The summed E-state index contributed by atoms with van der Waals surface area (Å²) in [6, 6.07) is 12.2. The van der Waals surface area contributed by atoms with E-state index in [1.807, 2.05) is 18.2 Å². The van der Waals surface area contributed by atoms with Crippen LogP contribution in [0, 0.1) is 6.92 Å². The quantitative estimate of drug-likeness (QED) is 0.887. The zero-order valence-electron chi connectivity index (χ0n) is 12.5. The molecule has 2 aromatic carbocycles. The molecular formula is C18H21NO2. The minimum Gasteiger partial charge on any atom is -0.508 e. The Morgan fingerprint density at radius 2 is 2.05 bits per heavy atom. The number of hydrogen-bond acceptors (Lipinski definition) is 3. The lowest BCUT2D eigenvalue weighted by Gasteiger charge is -2.27. The van der Waals surface area contributed by atoms with Gasteiger partial charge < -0.3 is 15.2 Å². The number of rotatable bonds is 3. The van der Waals surface area contributed by atoms with Gasteiger partial charge in [0.25, 0.3) is 0 Å². The van der Waals surface area contributed by atoms with Gasteiger partial charge in [0.1, 0.15) is 11.5 Å². The molecule has 1 atom stereocenters. The summed E-state index contributed by atoms with van der Waals surface area (Å²) in [6.07, 6.45) is 3.30. The smallest absolute Gasteiger partial charge is 0.121 e. The van der Waals surface area contributed by atoms with E-state index in [0.29, 0.717) is 11.8 Å². The number of phenolic OH excluding ortho intramolecular Hbond substituents is 1. The summed E-state index contributed by atoms with van der Waals surface area (Å²) in [7, 11) is 1.69. The molecule has 0 aromatic heterocycles. The van der Waals surface area contributed by atoms with Crippen LogP contribution in [0.3, 0.4) is 0 Å². The zero-order chi connectivity index (χ0) is 14.8. The fourth-order valence-corrected chi connectivity index (χ4v) is 3.12. The Morgan fingerprint density at radius 1 is 1.19 bits per heavy atom. The predicted octanol–water partition coefficient (Wildman–Crippen LogP) is 4.20. The second-order valence-electron chi connectivity index (χ2n) is 5.66. The SMILES string of the molecule is COc1ccc(NC2CCCc3cc(O)ccc32)cc1C. The van der Waals surface area contributed by atoms with Gasteiger partial charge in [-0.1, -0.05) is 6.07 Å². The van der Waals surface area contributed by atoms with Crippen molar-refractivity contribution in [1.29, 1.82) is 0 Å². The maximum Gasteiger partial charge on any atom is 0.121 e. The third-order valence-electron chi connectivity index (χ3n) is 4.18. The Labute approximate surface area is 125 Å². The van der Waals surface area contributed by atoms with Crippen LogP contribution < -0.4 is 10.1 Å². The number of aryl methyl sites for hydroxylation is 2. The predicted molar refractivity (Wildman–Crippen MR) is 85.1 cm³/mol. The summed E-state index contributed by atoms with van der Waals surface area (Å²) in [4.78, 5) is 0. The van der Waals surface area contributed by atoms with E-state index in [-0.39, 0.29) is 0 Å². The molecule has 3 heteroatoms. The number of fused-ring (bicyclic) bond motifs is 1. The van der Waals surface area contributed by atoms with Gasteiger partial charge in [-0.15, -0.1) is 0 Å². The highest BCUT2D eigenvalue weighted by Crippen LogP contribution is 2.35. The number of aromatic hydroxyl groups is 1. The van der Waals surface area contributed by atoms with Crippen molar-refractivity contribution in [3.63, 3.8) is 0 Å². The molecule has 1 aliphatic rings. The van der Waals surface area contributed by atoms with Gasteiger partial charge in [-0.3, -0.25) is 0 Å². The van der Waals surface area contributed by atoms with Gasteiger partial charge in [-0.25, -0.2) is 0 Å². The maximum absolute atomic E-state index is 9.62. The first kappa shape index (κ1) is 13.8. The Hall–Kier alpha value is -2.16. The average molecular weight is 283 g/mol. The lowest BCUT2D eigenvalue weighted by Crippen LogP contribution is -2.17. The second-order valence-corrected chi connectivity index (χ2v) is 5.66. The lowest BCUT2D eigenvalue weighted by atomic mass is 9.87. The third kappa shape index (κ3) is 2.82. The second kappa shape index (κ2) is 5.68. The van der Waals surface area contributed by atoms with Gasteiger partial charge in [-0.05, 0) is 73.2 Å². The molecule has 21 heavy (non-hydrogen) atoms. The molecule has 2 aromatic rings. The Kier molecular flexibility index (Phi) is 3.74. The monoisotopic (exact) mass is 283 g/mol. The molecule has 1 aliphatic carbocycles. The lowest BCUT2D eigenvalue weighted by molar-refractivity contribution is 0.411. The van der Waals surface area contributed by atoms with Crippen LogP contribution in [0.25, 0.3) is 0 Å². The van der Waals surface area contributed by atoms with Crippen LogP contribution in [0.2, 0.25) is 0 Å². The van der Waals surface area contributed by atoms with E-state index in [2.05, 4.69) is 24.4 Å². The first-order chi connectivity index (χ1) is 10.2. The van der Waals surface area contributed by atoms with Crippen LogP contribution in [0.4, 0.5) is 5.69 Å². The largest absolute Gasteiger partial charge is 0.508 e. The normalized spacial score (nSPS) is 17.1. The van der Waals surface area contributed by atoms with Crippen molar-refractivity contribution in [2.45, 2.75) is 32.2 Å². The van der Waals surface area contributed by atoms with E-state index in [9.17, 15) is 5.11 Å². The van der Waals surface area contributed by atoms with Crippen LogP contribution in [0.15, 0.2) is 36.4 Å². The Balaban J connectivity index is 1.85. The van der Waals surface area contributed by atoms with E-state index in [1.54, 1.807) is 13.2 Å². The molecule has 2 N–H and O–H groups in total. The van der Waals surface area contributed by atoms with E-state index >= 15 is 0 Å². The number of methoxy groups -OCH3 is 1. The number of anilines is 1. The molecule has 3 nitrogen and oxygen atoms in total. The molecule has 0 aliphatic heterocycles. The first-order valence-electron chi connectivity index (χ1n) is 7.40. The standard InChI is InChI=1S/C18H21NO2/c1-12-10-14(6-9-18(12)21-2)19-17-5-3-4-13-11-15(20)7-8-16(13)17/h6-11,17,19-20H,3-5H2,1-2H3. The van der Waals surface area contributed by atoms with E-state index in [1.165, 1.54) is 11.1 Å². The molecule has 0 radical (unpaired) electrons. The van der Waals surface area contributed by atoms with Crippen molar-refractivity contribution >= 4 is 5.69 Å². The number of hydrogen-bond donors (Lipinski definition) is 2. The molecule has 0 bridgehead atoms. The average Bonchev–Trinajstić information content (AvgIpc) is 2.47. The molecule has 110 valence electrons. The highest BCUT2D eigenvalue weighted by atomic mass is 16.5. The molecule has 3 rings (SSSR count). The minimum atomic E-state index is 0.308. The van der Waals surface area contributed by atoms with E-state index < -0.39 is 0 Å². The Morgan fingerprint density at radius 3 is 2.81 bits per heavy atom. The Bertz CT molecular complexity index is 652. The van der Waals surface area contributed by atoms with Gasteiger partial charge >= 0.3 is 0 Å². The summed E-state index contributed by atoms with van der Waals surface area (Å²) in [5.74, 6) is 1.27. The maximum atomic E-state index is 9.62. The fraction of sp³-hybridized carbons (Fsp3) is 0.333. The molecular weight excluding hydrogens is 262 g/mol. The van der Waals surface area contributed by atoms with Crippen molar-refractivity contribution < 1.29 is 9.84 Å². The molecule has 0 amide bonds. The van der Waals surface area contributed by atoms with Gasteiger partial charge in [0.05, 0.1) is 13.2 Å². The summed E-state index contributed by atoms with van der Waals surface area (Å²) in [5.41, 5.74) is 4.79. The van der Waals surface area contributed by atoms with Crippen molar-refractivity contribution in [2.75, 3.05) is 12.4 Å². The summed E-state index contributed by atoms with van der Waals surface area (Å²) < 4.78 is 5.30. The van der Waals surface area contributed by atoms with Crippen molar-refractivity contribution in [2.24, 2.45) is 0 Å². The zero-order valence-corrected chi connectivity index (χ0v) is 12.5. The molecule has 0 spiro atoms. The summed E-state index contributed by atoms with van der Waals surface area (Å²) in [5, 5.41) is 13.2. The van der Waals surface area contributed by atoms with Gasteiger partial charge in [0, 0.05) is 5.69 Å². The number of benzene rings is 2. The summed E-state index contributed by atoms with van der Waals surface area (Å²) >= 11 is 0. The van der Waals surface area contributed by atoms with Crippen molar-refractivity contribution in [3.8, 4) is 11.5 Å². The third-order valence-corrected chi connectivity index (χ3v) is 4.18. The fourth-order valence-electron chi connectivity index (χ4n) is 3.12. The van der Waals surface area contributed by atoms with Crippen LogP contribution in [0.5, 0.6) is 11.5 Å². The van der Waals surface area contributed by atoms with Crippen LogP contribution in [0.1, 0.15) is 35.6 Å². The molecule has 0 saturated heterocycles. The van der Waals surface area contributed by atoms with Crippen LogP contribution >= 0.6 is 0 Å². The van der Waals surface area contributed by atoms with Gasteiger partial charge in [0.15, 0.2) is 0 Å². The van der Waals surface area contributed by atoms with Crippen molar-refractivity contribution in [3.05, 3.63) is 53.1 Å². The van der Waals surface area contributed by atoms with E-state index in [0.717, 1.165) is 36.3 Å². The molecule has 1 unspecified atom stereocenters. The number of ether oxygens (including phenoxy) is 1. The van der Waals surface area contributed by atoms with Crippen LogP contribution in [-0.4, -0.2) is 12.2 Å². The number of phenols is 1. The van der Waals surface area contributed by atoms with Gasteiger partial charge in [-0.2, -0.15) is 0 Å².